The number of benzene rings is 1. The van der Waals surface area contributed by atoms with Crippen molar-refractivity contribution < 1.29 is 27.5 Å². The third kappa shape index (κ3) is 4.54. The SMILES string of the molecule is CS(=O)(=O)c1cccc(NC(=O)COC(=O)[C@@H]2CCCO2)c1. The second kappa shape index (κ2) is 6.89. The van der Waals surface area contributed by atoms with E-state index in [1.54, 1.807) is 6.07 Å². The summed E-state index contributed by atoms with van der Waals surface area (Å²) in [7, 11) is -3.35. The average Bonchev–Trinajstić information content (AvgIpc) is 2.98. The van der Waals surface area contributed by atoms with Crippen LogP contribution in [0.5, 0.6) is 0 Å². The van der Waals surface area contributed by atoms with Gasteiger partial charge in [0.05, 0.1) is 4.90 Å². The third-order valence-corrected chi connectivity index (χ3v) is 4.19. The van der Waals surface area contributed by atoms with Crippen molar-refractivity contribution >= 4 is 27.4 Å². The van der Waals surface area contributed by atoms with E-state index in [1.165, 1.54) is 18.2 Å². The van der Waals surface area contributed by atoms with E-state index in [4.69, 9.17) is 9.47 Å². The molecule has 1 amide bonds. The van der Waals surface area contributed by atoms with Gasteiger partial charge in [-0.3, -0.25) is 4.79 Å². The standard InChI is InChI=1S/C14H17NO6S/c1-22(18,19)11-5-2-4-10(8-11)15-13(16)9-21-14(17)12-6-3-7-20-12/h2,4-5,8,12H,3,6-7,9H2,1H3,(H,15,16)/t12-/m0/s1. The maximum Gasteiger partial charge on any atom is 0.335 e. The van der Waals surface area contributed by atoms with E-state index in [1.807, 2.05) is 0 Å². The van der Waals surface area contributed by atoms with Gasteiger partial charge in [-0.1, -0.05) is 6.07 Å². The lowest BCUT2D eigenvalue weighted by Gasteiger charge is -2.10. The van der Waals surface area contributed by atoms with Gasteiger partial charge in [-0.2, -0.15) is 0 Å². The quantitative estimate of drug-likeness (QED) is 0.801. The van der Waals surface area contributed by atoms with Crippen LogP contribution in [0.1, 0.15) is 12.8 Å². The van der Waals surface area contributed by atoms with Gasteiger partial charge in [-0.25, -0.2) is 13.2 Å². The second-order valence-electron chi connectivity index (χ2n) is 4.96. The van der Waals surface area contributed by atoms with Gasteiger partial charge in [-0.05, 0) is 31.0 Å². The molecule has 0 bridgehead atoms. The van der Waals surface area contributed by atoms with Crippen LogP contribution in [-0.4, -0.2) is 45.9 Å². The van der Waals surface area contributed by atoms with E-state index >= 15 is 0 Å². The van der Waals surface area contributed by atoms with Crippen LogP contribution >= 0.6 is 0 Å². The van der Waals surface area contributed by atoms with Gasteiger partial charge in [-0.15, -0.1) is 0 Å². The van der Waals surface area contributed by atoms with Gasteiger partial charge in [0, 0.05) is 18.6 Å². The summed E-state index contributed by atoms with van der Waals surface area (Å²) in [6, 6.07) is 5.84. The minimum atomic E-state index is -3.35. The van der Waals surface area contributed by atoms with Crippen LogP contribution in [0, 0.1) is 0 Å². The molecule has 8 heteroatoms. The lowest BCUT2D eigenvalue weighted by molar-refractivity contribution is -0.156. The zero-order valence-electron chi connectivity index (χ0n) is 12.1. The summed E-state index contributed by atoms with van der Waals surface area (Å²) >= 11 is 0. The Morgan fingerprint density at radius 1 is 1.41 bits per heavy atom. The van der Waals surface area contributed by atoms with Crippen LogP contribution < -0.4 is 5.32 Å². The number of rotatable bonds is 5. The normalized spacial score (nSPS) is 18.0. The van der Waals surface area contributed by atoms with E-state index in [0.29, 0.717) is 18.7 Å². The molecule has 0 unspecified atom stereocenters. The highest BCUT2D eigenvalue weighted by Gasteiger charge is 2.25. The summed E-state index contributed by atoms with van der Waals surface area (Å²) in [4.78, 5) is 23.4. The fourth-order valence-corrected chi connectivity index (χ4v) is 2.66. The molecule has 1 saturated heterocycles. The van der Waals surface area contributed by atoms with Gasteiger partial charge < -0.3 is 14.8 Å². The zero-order chi connectivity index (χ0) is 16.2. The average molecular weight is 327 g/mol. The molecule has 1 heterocycles. The molecule has 2 rings (SSSR count). The number of amides is 1. The van der Waals surface area contributed by atoms with Crippen molar-refractivity contribution in [1.29, 1.82) is 0 Å². The molecule has 1 aliphatic heterocycles. The van der Waals surface area contributed by atoms with E-state index in [2.05, 4.69) is 5.32 Å². The fraction of sp³-hybridized carbons (Fsp3) is 0.429. The van der Waals surface area contributed by atoms with Gasteiger partial charge in [0.25, 0.3) is 5.91 Å². The Morgan fingerprint density at radius 3 is 2.82 bits per heavy atom. The van der Waals surface area contributed by atoms with E-state index < -0.39 is 34.4 Å². The summed E-state index contributed by atoms with van der Waals surface area (Å²) < 4.78 is 32.9. The highest BCUT2D eigenvalue weighted by atomic mass is 32.2. The Bertz CT molecular complexity index is 664. The first-order valence-electron chi connectivity index (χ1n) is 6.74. The van der Waals surface area contributed by atoms with Crippen LogP contribution in [0.3, 0.4) is 0 Å². The summed E-state index contributed by atoms with van der Waals surface area (Å²) in [6.07, 6.45) is 1.87. The molecule has 0 radical (unpaired) electrons. The van der Waals surface area contributed by atoms with Crippen LogP contribution in [0.25, 0.3) is 0 Å². The Kier molecular flexibility index (Phi) is 5.15. The van der Waals surface area contributed by atoms with Crippen molar-refractivity contribution in [2.24, 2.45) is 0 Å². The molecular weight excluding hydrogens is 310 g/mol. The maximum atomic E-state index is 11.7. The number of nitrogens with one attached hydrogen (secondary N) is 1. The Morgan fingerprint density at radius 2 is 2.18 bits per heavy atom. The smallest absolute Gasteiger partial charge is 0.335 e. The molecule has 1 N–H and O–H groups in total. The Labute approximate surface area is 128 Å². The lowest BCUT2D eigenvalue weighted by atomic mass is 10.2. The molecule has 1 aromatic rings. The Balaban J connectivity index is 1.88. The Hall–Kier alpha value is -1.93. The molecule has 1 aromatic carbocycles. The van der Waals surface area contributed by atoms with E-state index in [0.717, 1.165) is 12.7 Å². The molecule has 1 fully saturated rings. The number of esters is 1. The number of sulfone groups is 1. The van der Waals surface area contributed by atoms with E-state index in [-0.39, 0.29) is 4.90 Å². The van der Waals surface area contributed by atoms with Crippen LogP contribution in [-0.2, 0) is 28.9 Å². The predicted molar refractivity (Wildman–Crippen MR) is 78.1 cm³/mol. The summed E-state index contributed by atoms with van der Waals surface area (Å²) in [5.74, 6) is -1.10. The van der Waals surface area contributed by atoms with Gasteiger partial charge in [0.2, 0.25) is 0 Å². The minimum Gasteiger partial charge on any atom is -0.454 e. The monoisotopic (exact) mass is 327 g/mol. The number of carbonyl (C=O) groups is 2. The highest BCUT2D eigenvalue weighted by Crippen LogP contribution is 2.16. The minimum absolute atomic E-state index is 0.0988. The van der Waals surface area contributed by atoms with Crippen molar-refractivity contribution in [2.45, 2.75) is 23.8 Å². The topological polar surface area (TPSA) is 98.8 Å². The summed E-state index contributed by atoms with van der Waals surface area (Å²) in [5, 5.41) is 2.48. The molecular formula is C14H17NO6S. The lowest BCUT2D eigenvalue weighted by Crippen LogP contribution is -2.27. The first kappa shape index (κ1) is 16.4. The van der Waals surface area contributed by atoms with Gasteiger partial charge in [0.15, 0.2) is 22.5 Å². The predicted octanol–water partition coefficient (Wildman–Crippen LogP) is 0.751. The van der Waals surface area contributed by atoms with Crippen LogP contribution in [0.4, 0.5) is 5.69 Å². The van der Waals surface area contributed by atoms with Gasteiger partial charge in [0.1, 0.15) is 0 Å². The molecule has 7 nitrogen and oxygen atoms in total. The van der Waals surface area contributed by atoms with Gasteiger partial charge >= 0.3 is 5.97 Å². The van der Waals surface area contributed by atoms with Crippen molar-refractivity contribution in [3.8, 4) is 0 Å². The number of carbonyl (C=O) groups excluding carboxylic acids is 2. The first-order chi connectivity index (χ1) is 10.4. The summed E-state index contributed by atoms with van der Waals surface area (Å²) in [6.45, 7) is 0.0754. The van der Waals surface area contributed by atoms with Crippen LogP contribution in [0.2, 0.25) is 0 Å². The number of ether oxygens (including phenoxy) is 2. The van der Waals surface area contributed by atoms with Crippen molar-refractivity contribution in [1.82, 2.24) is 0 Å². The molecule has 0 aliphatic carbocycles. The van der Waals surface area contributed by atoms with Crippen LogP contribution in [0.15, 0.2) is 29.2 Å². The largest absolute Gasteiger partial charge is 0.454 e. The number of hydrogen-bond donors (Lipinski definition) is 1. The highest BCUT2D eigenvalue weighted by molar-refractivity contribution is 7.90. The van der Waals surface area contributed by atoms with Crippen molar-refractivity contribution in [2.75, 3.05) is 24.8 Å². The third-order valence-electron chi connectivity index (χ3n) is 3.08. The number of hydrogen-bond acceptors (Lipinski definition) is 6. The molecule has 1 aliphatic rings. The van der Waals surface area contributed by atoms with Crippen molar-refractivity contribution in [3.05, 3.63) is 24.3 Å². The zero-order valence-corrected chi connectivity index (χ0v) is 12.9. The molecule has 22 heavy (non-hydrogen) atoms. The van der Waals surface area contributed by atoms with Crippen molar-refractivity contribution in [3.63, 3.8) is 0 Å². The number of anilines is 1. The molecule has 1 atom stereocenters. The fourth-order valence-electron chi connectivity index (χ4n) is 1.99. The van der Waals surface area contributed by atoms with E-state index in [9.17, 15) is 18.0 Å². The molecule has 0 saturated carbocycles. The molecule has 0 aromatic heterocycles. The second-order valence-corrected chi connectivity index (χ2v) is 6.97. The first-order valence-corrected chi connectivity index (χ1v) is 8.63. The molecule has 120 valence electrons. The summed E-state index contributed by atoms with van der Waals surface area (Å²) in [5.41, 5.74) is 0.320. The maximum absolute atomic E-state index is 11.7. The molecule has 0 spiro atoms.